The molecule has 2 heterocycles. The monoisotopic (exact) mass is 403 g/mol. The van der Waals surface area contributed by atoms with Crippen LogP contribution in [0.25, 0.3) is 0 Å². The van der Waals surface area contributed by atoms with Gasteiger partial charge in [0.25, 0.3) is 0 Å². The van der Waals surface area contributed by atoms with Crippen LogP contribution in [-0.2, 0) is 4.79 Å². The Kier molecular flexibility index (Phi) is 7.47. The zero-order chi connectivity index (χ0) is 19.8. The van der Waals surface area contributed by atoms with Crippen LogP contribution in [0.3, 0.4) is 0 Å². The highest BCUT2D eigenvalue weighted by Crippen LogP contribution is 2.24. The SMILES string of the molecule is CCCCNC(=O)CSc1cc(N2CCN(c3ccccc3F)CC2)ncn1. The normalized spacial score (nSPS) is 14.2. The van der Waals surface area contributed by atoms with Crippen LogP contribution in [0.4, 0.5) is 15.9 Å². The van der Waals surface area contributed by atoms with Crippen molar-refractivity contribution >= 4 is 29.2 Å². The number of aromatic nitrogens is 2. The van der Waals surface area contributed by atoms with Gasteiger partial charge in [0.15, 0.2) is 0 Å². The fourth-order valence-corrected chi connectivity index (χ4v) is 3.75. The lowest BCUT2D eigenvalue weighted by molar-refractivity contribution is -0.118. The predicted octanol–water partition coefficient (Wildman–Crippen LogP) is 2.95. The number of nitrogens with one attached hydrogen (secondary N) is 1. The average Bonchev–Trinajstić information content (AvgIpc) is 2.73. The number of benzene rings is 1. The minimum Gasteiger partial charge on any atom is -0.366 e. The van der Waals surface area contributed by atoms with E-state index in [1.54, 1.807) is 6.07 Å². The molecule has 0 spiro atoms. The molecule has 1 aliphatic heterocycles. The van der Waals surface area contributed by atoms with Gasteiger partial charge in [0.05, 0.1) is 11.4 Å². The molecule has 6 nitrogen and oxygen atoms in total. The number of anilines is 2. The first-order valence-corrected chi connectivity index (χ1v) is 10.6. The van der Waals surface area contributed by atoms with Crippen molar-refractivity contribution in [3.63, 3.8) is 0 Å². The van der Waals surface area contributed by atoms with E-state index in [2.05, 4.69) is 32.0 Å². The van der Waals surface area contributed by atoms with Crippen LogP contribution in [0.5, 0.6) is 0 Å². The molecular weight excluding hydrogens is 377 g/mol. The lowest BCUT2D eigenvalue weighted by Crippen LogP contribution is -2.47. The number of thioether (sulfide) groups is 1. The lowest BCUT2D eigenvalue weighted by Gasteiger charge is -2.36. The van der Waals surface area contributed by atoms with E-state index in [4.69, 9.17) is 0 Å². The Labute approximate surface area is 169 Å². The van der Waals surface area contributed by atoms with Crippen LogP contribution in [0.1, 0.15) is 19.8 Å². The molecule has 0 saturated carbocycles. The predicted molar refractivity (Wildman–Crippen MR) is 111 cm³/mol. The van der Waals surface area contributed by atoms with E-state index in [1.165, 1.54) is 24.2 Å². The van der Waals surface area contributed by atoms with Crippen LogP contribution in [0, 0.1) is 5.82 Å². The molecule has 28 heavy (non-hydrogen) atoms. The number of hydrogen-bond donors (Lipinski definition) is 1. The molecule has 1 aromatic heterocycles. The van der Waals surface area contributed by atoms with Crippen molar-refractivity contribution in [3.05, 3.63) is 42.5 Å². The second-order valence-corrected chi connectivity index (χ2v) is 7.63. The zero-order valence-corrected chi connectivity index (χ0v) is 16.9. The molecule has 0 aliphatic carbocycles. The van der Waals surface area contributed by atoms with Gasteiger partial charge < -0.3 is 15.1 Å². The van der Waals surface area contributed by atoms with Gasteiger partial charge in [-0.15, -0.1) is 0 Å². The van der Waals surface area contributed by atoms with E-state index in [9.17, 15) is 9.18 Å². The summed E-state index contributed by atoms with van der Waals surface area (Å²) in [6, 6.07) is 8.79. The molecule has 0 radical (unpaired) electrons. The van der Waals surface area contributed by atoms with Gasteiger partial charge in [-0.1, -0.05) is 37.2 Å². The largest absolute Gasteiger partial charge is 0.366 e. The summed E-state index contributed by atoms with van der Waals surface area (Å²) in [5.74, 6) is 1.03. The first-order chi connectivity index (χ1) is 13.7. The fraction of sp³-hybridized carbons (Fsp3) is 0.450. The summed E-state index contributed by atoms with van der Waals surface area (Å²) >= 11 is 1.41. The van der Waals surface area contributed by atoms with Gasteiger partial charge in [-0.3, -0.25) is 4.79 Å². The van der Waals surface area contributed by atoms with Crippen molar-refractivity contribution in [1.29, 1.82) is 0 Å². The van der Waals surface area contributed by atoms with Crippen LogP contribution in [-0.4, -0.2) is 54.4 Å². The fourth-order valence-electron chi connectivity index (χ4n) is 3.06. The van der Waals surface area contributed by atoms with Crippen molar-refractivity contribution in [2.75, 3.05) is 48.3 Å². The molecule has 2 aromatic rings. The van der Waals surface area contributed by atoms with Crippen molar-refractivity contribution in [2.24, 2.45) is 0 Å². The molecule has 1 amide bonds. The molecule has 8 heteroatoms. The highest BCUT2D eigenvalue weighted by molar-refractivity contribution is 7.99. The maximum absolute atomic E-state index is 14.0. The number of unbranched alkanes of at least 4 members (excludes halogenated alkanes) is 1. The summed E-state index contributed by atoms with van der Waals surface area (Å²) in [6.07, 6.45) is 3.59. The second-order valence-electron chi connectivity index (χ2n) is 6.63. The number of amides is 1. The van der Waals surface area contributed by atoms with Crippen LogP contribution >= 0.6 is 11.8 Å². The highest BCUT2D eigenvalue weighted by Gasteiger charge is 2.20. The Morgan fingerprint density at radius 2 is 1.93 bits per heavy atom. The molecule has 1 saturated heterocycles. The number of halogens is 1. The minimum atomic E-state index is -0.186. The van der Waals surface area contributed by atoms with Gasteiger partial charge in [0.1, 0.15) is 23.0 Å². The maximum atomic E-state index is 14.0. The molecular formula is C20H26FN5OS. The molecule has 1 aromatic carbocycles. The molecule has 150 valence electrons. The summed E-state index contributed by atoms with van der Waals surface area (Å²) in [6.45, 7) is 5.79. The Balaban J connectivity index is 1.52. The summed E-state index contributed by atoms with van der Waals surface area (Å²) in [4.78, 5) is 24.7. The molecule has 3 rings (SSSR count). The van der Waals surface area contributed by atoms with Gasteiger partial charge in [-0.25, -0.2) is 14.4 Å². The molecule has 1 fully saturated rings. The van der Waals surface area contributed by atoms with E-state index < -0.39 is 0 Å². The number of piperazine rings is 1. The second kappa shape index (κ2) is 10.3. The molecule has 0 atom stereocenters. The van der Waals surface area contributed by atoms with Crippen LogP contribution < -0.4 is 15.1 Å². The van der Waals surface area contributed by atoms with E-state index in [0.29, 0.717) is 11.4 Å². The maximum Gasteiger partial charge on any atom is 0.230 e. The molecule has 0 unspecified atom stereocenters. The van der Waals surface area contributed by atoms with Crippen LogP contribution in [0.2, 0.25) is 0 Å². The Morgan fingerprint density at radius 3 is 2.68 bits per heavy atom. The van der Waals surface area contributed by atoms with E-state index in [-0.39, 0.29) is 11.7 Å². The summed E-state index contributed by atoms with van der Waals surface area (Å²) < 4.78 is 14.0. The zero-order valence-electron chi connectivity index (χ0n) is 16.1. The van der Waals surface area contributed by atoms with Crippen LogP contribution in [0.15, 0.2) is 41.7 Å². The third-order valence-corrected chi connectivity index (χ3v) is 5.55. The third-order valence-electron chi connectivity index (χ3n) is 4.63. The van der Waals surface area contributed by atoms with E-state index >= 15 is 0 Å². The molecule has 1 aliphatic rings. The number of carbonyl (C=O) groups is 1. The lowest BCUT2D eigenvalue weighted by atomic mass is 10.2. The number of para-hydroxylation sites is 1. The molecule has 0 bridgehead atoms. The summed E-state index contributed by atoms with van der Waals surface area (Å²) in [5.41, 5.74) is 0.648. The standard InChI is InChI=1S/C20H26FN5OS/c1-2-3-8-22-19(27)14-28-20-13-18(23-15-24-20)26-11-9-25(10-12-26)17-7-5-4-6-16(17)21/h4-7,13,15H,2-3,8-12,14H2,1H3,(H,22,27). The Hall–Kier alpha value is -2.35. The van der Waals surface area contributed by atoms with Crippen molar-refractivity contribution in [1.82, 2.24) is 15.3 Å². The number of rotatable bonds is 8. The van der Waals surface area contributed by atoms with Gasteiger partial charge >= 0.3 is 0 Å². The van der Waals surface area contributed by atoms with Gasteiger partial charge in [-0.05, 0) is 18.6 Å². The van der Waals surface area contributed by atoms with Gasteiger partial charge in [-0.2, -0.15) is 0 Å². The van der Waals surface area contributed by atoms with E-state index in [0.717, 1.165) is 56.4 Å². The Morgan fingerprint density at radius 1 is 1.18 bits per heavy atom. The number of hydrogen-bond acceptors (Lipinski definition) is 6. The van der Waals surface area contributed by atoms with Gasteiger partial charge in [0.2, 0.25) is 5.91 Å². The number of nitrogens with zero attached hydrogens (tertiary/aromatic N) is 4. The first kappa shape index (κ1) is 20.4. The quantitative estimate of drug-likeness (QED) is 0.415. The molecule has 1 N–H and O–H groups in total. The minimum absolute atomic E-state index is 0.0251. The average molecular weight is 404 g/mol. The Bertz CT molecular complexity index is 783. The highest BCUT2D eigenvalue weighted by atomic mass is 32.2. The van der Waals surface area contributed by atoms with Gasteiger partial charge in [0, 0.05) is 38.8 Å². The summed E-state index contributed by atoms with van der Waals surface area (Å²) in [5, 5.41) is 3.69. The van der Waals surface area contributed by atoms with Crippen molar-refractivity contribution in [3.8, 4) is 0 Å². The third kappa shape index (κ3) is 5.58. The van der Waals surface area contributed by atoms with Crippen molar-refractivity contribution < 1.29 is 9.18 Å². The topological polar surface area (TPSA) is 61.4 Å². The number of carbonyl (C=O) groups excluding carboxylic acids is 1. The first-order valence-electron chi connectivity index (χ1n) is 9.63. The smallest absolute Gasteiger partial charge is 0.230 e. The van der Waals surface area contributed by atoms with Crippen molar-refractivity contribution in [2.45, 2.75) is 24.8 Å². The summed E-state index contributed by atoms with van der Waals surface area (Å²) in [7, 11) is 0. The van der Waals surface area contributed by atoms with E-state index in [1.807, 2.05) is 18.2 Å².